The van der Waals surface area contributed by atoms with Crippen LogP contribution in [0.4, 0.5) is 5.69 Å². The molecule has 0 atom stereocenters. The average Bonchev–Trinajstić information content (AvgIpc) is 2.46. The monoisotopic (exact) mass is 270 g/mol. The van der Waals surface area contributed by atoms with E-state index in [9.17, 15) is 9.90 Å². The third-order valence-electron chi connectivity index (χ3n) is 3.17. The van der Waals surface area contributed by atoms with Gasteiger partial charge in [-0.25, -0.2) is 0 Å². The third kappa shape index (κ3) is 3.35. The van der Waals surface area contributed by atoms with Crippen LogP contribution in [0.5, 0.6) is 5.75 Å². The van der Waals surface area contributed by atoms with Gasteiger partial charge in [0, 0.05) is 18.3 Å². The van der Waals surface area contributed by atoms with E-state index in [1.165, 1.54) is 0 Å². The molecule has 0 aromatic heterocycles. The van der Waals surface area contributed by atoms with Crippen molar-refractivity contribution in [3.05, 3.63) is 48.2 Å². The molecule has 0 spiro atoms. The number of anilines is 1. The lowest BCUT2D eigenvalue weighted by atomic mass is 10.0. The fraction of sp³-hybridized carbons (Fsp3) is 0.250. The molecule has 0 amide bonds. The number of hydrogen-bond acceptors (Lipinski definition) is 4. The summed E-state index contributed by atoms with van der Waals surface area (Å²) in [6.07, 6.45) is 6.89. The van der Waals surface area contributed by atoms with E-state index in [1.807, 2.05) is 29.3 Å². The number of benzene rings is 1. The normalized spacial score (nSPS) is 16.4. The van der Waals surface area contributed by atoms with Crippen LogP contribution in [-0.2, 0) is 4.79 Å². The lowest BCUT2D eigenvalue weighted by Gasteiger charge is -2.22. The van der Waals surface area contributed by atoms with Crippen molar-refractivity contribution in [3.8, 4) is 5.75 Å². The van der Waals surface area contributed by atoms with Crippen LogP contribution in [0.1, 0.15) is 12.8 Å². The Balaban J connectivity index is 2.30. The van der Waals surface area contributed by atoms with E-state index >= 15 is 0 Å². The van der Waals surface area contributed by atoms with Gasteiger partial charge in [-0.3, -0.25) is 9.79 Å². The van der Waals surface area contributed by atoms with Crippen molar-refractivity contribution in [2.45, 2.75) is 12.8 Å². The molecule has 0 heterocycles. The molecule has 1 aliphatic rings. The fourth-order valence-electron chi connectivity index (χ4n) is 2.12. The van der Waals surface area contributed by atoms with Crippen molar-refractivity contribution in [2.75, 3.05) is 18.0 Å². The quantitative estimate of drug-likeness (QED) is 0.661. The fourth-order valence-corrected chi connectivity index (χ4v) is 2.12. The number of para-hydroxylation sites is 2. The molecule has 1 N–H and O–H groups in total. The van der Waals surface area contributed by atoms with Crippen LogP contribution < -0.4 is 4.90 Å². The van der Waals surface area contributed by atoms with Gasteiger partial charge in [0.15, 0.2) is 5.78 Å². The molecule has 104 valence electrons. The summed E-state index contributed by atoms with van der Waals surface area (Å²) in [5.74, 6) is 0.218. The molecule has 4 heteroatoms. The number of phenolic OH excluding ortho intramolecular Hbond substituents is 1. The van der Waals surface area contributed by atoms with Crippen molar-refractivity contribution in [1.82, 2.24) is 0 Å². The standard InChI is InChI=1S/C16H18N2O2/c1-17-10-11-18(14-7-3-5-9-16(14)20)12-13-6-2-4-8-15(13)19/h3-5,7-9,12,20H,1-2,6,10-11H2. The highest BCUT2D eigenvalue weighted by Gasteiger charge is 2.14. The summed E-state index contributed by atoms with van der Waals surface area (Å²) < 4.78 is 0. The number of rotatable bonds is 5. The average molecular weight is 270 g/mol. The van der Waals surface area contributed by atoms with Gasteiger partial charge in [0.05, 0.1) is 12.2 Å². The lowest BCUT2D eigenvalue weighted by molar-refractivity contribution is -0.111. The minimum absolute atomic E-state index is 0.0308. The van der Waals surface area contributed by atoms with E-state index in [0.29, 0.717) is 18.8 Å². The first-order valence-electron chi connectivity index (χ1n) is 6.61. The second-order valence-corrected chi connectivity index (χ2v) is 4.59. The van der Waals surface area contributed by atoms with Crippen molar-refractivity contribution >= 4 is 18.2 Å². The molecular formula is C16H18N2O2. The topological polar surface area (TPSA) is 52.9 Å². The first-order chi connectivity index (χ1) is 9.72. The van der Waals surface area contributed by atoms with Crippen molar-refractivity contribution in [3.63, 3.8) is 0 Å². The molecule has 0 fully saturated rings. The largest absolute Gasteiger partial charge is 0.506 e. The number of allylic oxidation sites excluding steroid dienone is 3. The van der Waals surface area contributed by atoms with Gasteiger partial charge < -0.3 is 10.0 Å². The summed E-state index contributed by atoms with van der Waals surface area (Å²) in [4.78, 5) is 17.5. The van der Waals surface area contributed by atoms with Crippen LogP contribution >= 0.6 is 0 Å². The highest BCUT2D eigenvalue weighted by molar-refractivity contribution is 6.05. The summed E-state index contributed by atoms with van der Waals surface area (Å²) in [6, 6.07) is 7.07. The molecule has 1 aliphatic carbocycles. The number of aromatic hydroxyl groups is 1. The second kappa shape index (κ2) is 6.70. The molecule has 0 aliphatic heterocycles. The van der Waals surface area contributed by atoms with E-state index in [0.717, 1.165) is 18.4 Å². The predicted molar refractivity (Wildman–Crippen MR) is 81.3 cm³/mol. The minimum Gasteiger partial charge on any atom is -0.506 e. The number of carbonyl (C=O) groups is 1. The molecule has 0 radical (unpaired) electrons. The Hall–Kier alpha value is -2.36. The molecule has 0 saturated heterocycles. The Morgan fingerprint density at radius 3 is 2.90 bits per heavy atom. The number of hydrogen-bond donors (Lipinski definition) is 1. The maximum absolute atomic E-state index is 11.8. The van der Waals surface area contributed by atoms with Gasteiger partial charge in [-0.15, -0.1) is 0 Å². The van der Waals surface area contributed by atoms with Crippen molar-refractivity contribution in [2.24, 2.45) is 4.99 Å². The molecule has 4 nitrogen and oxygen atoms in total. The van der Waals surface area contributed by atoms with Gasteiger partial charge in [0.25, 0.3) is 0 Å². The SMILES string of the molecule is C=NCCN(C=C1CCC=CC1=O)c1ccccc1O. The maximum atomic E-state index is 11.8. The van der Waals surface area contributed by atoms with Crippen LogP contribution in [0, 0.1) is 0 Å². The Bertz CT molecular complexity index is 561. The van der Waals surface area contributed by atoms with Crippen LogP contribution in [0.2, 0.25) is 0 Å². The second-order valence-electron chi connectivity index (χ2n) is 4.59. The van der Waals surface area contributed by atoms with Gasteiger partial charge in [-0.05, 0) is 37.8 Å². The third-order valence-corrected chi connectivity index (χ3v) is 3.17. The van der Waals surface area contributed by atoms with Crippen molar-refractivity contribution < 1.29 is 9.90 Å². The maximum Gasteiger partial charge on any atom is 0.182 e. The minimum atomic E-state index is 0.0308. The Kier molecular flexibility index (Phi) is 4.71. The van der Waals surface area contributed by atoms with Crippen LogP contribution in [0.15, 0.2) is 53.2 Å². The van der Waals surface area contributed by atoms with Crippen molar-refractivity contribution in [1.29, 1.82) is 0 Å². The number of aliphatic imine (C=N–C) groups is 1. The van der Waals surface area contributed by atoms with Gasteiger partial charge in [0.2, 0.25) is 0 Å². The molecular weight excluding hydrogens is 252 g/mol. The zero-order chi connectivity index (χ0) is 14.4. The van der Waals surface area contributed by atoms with Crippen LogP contribution in [-0.4, -0.2) is 30.7 Å². The Morgan fingerprint density at radius 1 is 1.40 bits per heavy atom. The number of ketones is 1. The summed E-state index contributed by atoms with van der Waals surface area (Å²) in [5.41, 5.74) is 1.42. The van der Waals surface area contributed by atoms with Crippen LogP contribution in [0.3, 0.4) is 0 Å². The molecule has 2 rings (SSSR count). The van der Waals surface area contributed by atoms with Gasteiger partial charge in [-0.1, -0.05) is 18.2 Å². The number of nitrogens with zero attached hydrogens (tertiary/aromatic N) is 2. The lowest BCUT2D eigenvalue weighted by Crippen LogP contribution is -2.22. The van der Waals surface area contributed by atoms with Gasteiger partial charge in [0.1, 0.15) is 5.75 Å². The molecule has 20 heavy (non-hydrogen) atoms. The van der Waals surface area contributed by atoms with E-state index in [-0.39, 0.29) is 11.5 Å². The molecule has 1 aromatic carbocycles. The van der Waals surface area contributed by atoms with E-state index in [2.05, 4.69) is 11.7 Å². The van der Waals surface area contributed by atoms with Gasteiger partial charge >= 0.3 is 0 Å². The molecule has 1 aromatic rings. The zero-order valence-corrected chi connectivity index (χ0v) is 11.3. The summed E-state index contributed by atoms with van der Waals surface area (Å²) in [7, 11) is 0. The highest BCUT2D eigenvalue weighted by Crippen LogP contribution is 2.28. The van der Waals surface area contributed by atoms with E-state index < -0.39 is 0 Å². The smallest absolute Gasteiger partial charge is 0.182 e. The number of carbonyl (C=O) groups excluding carboxylic acids is 1. The predicted octanol–water partition coefficient (Wildman–Crippen LogP) is 2.70. The number of phenols is 1. The Morgan fingerprint density at radius 2 is 2.20 bits per heavy atom. The van der Waals surface area contributed by atoms with E-state index in [1.54, 1.807) is 18.2 Å². The summed E-state index contributed by atoms with van der Waals surface area (Å²) in [6.45, 7) is 4.57. The van der Waals surface area contributed by atoms with Crippen LogP contribution in [0.25, 0.3) is 0 Å². The first-order valence-corrected chi connectivity index (χ1v) is 6.61. The molecule has 0 unspecified atom stereocenters. The molecule has 0 bridgehead atoms. The molecule has 0 saturated carbocycles. The van der Waals surface area contributed by atoms with Gasteiger partial charge in [-0.2, -0.15) is 0 Å². The summed E-state index contributed by atoms with van der Waals surface area (Å²) >= 11 is 0. The first kappa shape index (κ1) is 14.1. The van der Waals surface area contributed by atoms with E-state index in [4.69, 9.17) is 0 Å². The zero-order valence-electron chi connectivity index (χ0n) is 11.3. The highest BCUT2D eigenvalue weighted by atomic mass is 16.3. The summed E-state index contributed by atoms with van der Waals surface area (Å²) in [5, 5.41) is 9.96. The Labute approximate surface area is 118 Å².